The average molecular weight is 511 g/mol. The Bertz CT molecular complexity index is 1260. The summed E-state index contributed by atoms with van der Waals surface area (Å²) in [4.78, 5) is 31.3. The molecule has 3 aliphatic rings. The number of amides is 2. The molecule has 6 heteroatoms. The van der Waals surface area contributed by atoms with Gasteiger partial charge in [-0.05, 0) is 55.0 Å². The summed E-state index contributed by atoms with van der Waals surface area (Å²) in [5.74, 6) is 0.213. The van der Waals surface area contributed by atoms with Crippen LogP contribution in [0.4, 0.5) is 10.5 Å². The highest BCUT2D eigenvalue weighted by Crippen LogP contribution is 2.52. The molecule has 0 bridgehead atoms. The average Bonchev–Trinajstić information content (AvgIpc) is 3.68. The number of para-hydroxylation sites is 1. The molecule has 0 unspecified atom stereocenters. The summed E-state index contributed by atoms with van der Waals surface area (Å²) in [6, 6.07) is 27.8. The minimum atomic E-state index is -0.274. The molecule has 0 saturated heterocycles. The van der Waals surface area contributed by atoms with Crippen molar-refractivity contribution in [2.75, 3.05) is 18.1 Å². The summed E-state index contributed by atoms with van der Waals surface area (Å²) in [7, 11) is 0. The fourth-order valence-electron chi connectivity index (χ4n) is 6.23. The molecule has 3 atom stereocenters. The predicted octanol–water partition coefficient (Wildman–Crippen LogP) is 6.37. The van der Waals surface area contributed by atoms with E-state index >= 15 is 0 Å². The van der Waals surface area contributed by atoms with E-state index in [0.717, 1.165) is 48.9 Å². The van der Waals surface area contributed by atoms with Crippen LogP contribution in [-0.4, -0.2) is 42.2 Å². The van der Waals surface area contributed by atoms with Crippen LogP contribution in [0.3, 0.4) is 0 Å². The van der Waals surface area contributed by atoms with Crippen molar-refractivity contribution in [1.82, 2.24) is 4.90 Å². The van der Waals surface area contributed by atoms with Gasteiger partial charge >= 0.3 is 6.09 Å². The Balaban J connectivity index is 1.22. The van der Waals surface area contributed by atoms with Gasteiger partial charge in [-0.3, -0.25) is 9.69 Å². The number of fused-ring (bicyclic) bond motifs is 2. The number of ether oxygens (including phenoxy) is 2. The van der Waals surface area contributed by atoms with Crippen LogP contribution in [0.1, 0.15) is 59.6 Å². The standard InChI is InChI=1S/C32H34N2O4/c35-31(24-12-5-2-6-13-24)34-28-16-8-7-14-26(28)30(27-15-9-17-29(27)34)33(25-18-19-25)32(36)38-21-20-37-22-23-10-3-1-4-11-23/h1-8,10-14,16,25,27,29-30H,9,15,17-22H2/t27-,29+,30-/m0/s1. The first kappa shape index (κ1) is 24.7. The van der Waals surface area contributed by atoms with Gasteiger partial charge in [0.1, 0.15) is 6.61 Å². The molecule has 2 saturated carbocycles. The first-order chi connectivity index (χ1) is 18.7. The second-order valence-electron chi connectivity index (χ2n) is 10.5. The summed E-state index contributed by atoms with van der Waals surface area (Å²) in [5, 5.41) is 0. The molecule has 2 amide bonds. The molecule has 6 nitrogen and oxygen atoms in total. The van der Waals surface area contributed by atoms with Crippen molar-refractivity contribution in [3.05, 3.63) is 102 Å². The Kier molecular flexibility index (Phi) is 7.14. The van der Waals surface area contributed by atoms with E-state index < -0.39 is 0 Å². The minimum absolute atomic E-state index is 0.0320. The molecule has 2 aliphatic carbocycles. The molecule has 0 N–H and O–H groups in total. The number of hydrogen-bond donors (Lipinski definition) is 0. The van der Waals surface area contributed by atoms with Crippen LogP contribution < -0.4 is 4.90 Å². The van der Waals surface area contributed by atoms with Gasteiger partial charge in [-0.2, -0.15) is 0 Å². The van der Waals surface area contributed by atoms with Crippen molar-refractivity contribution >= 4 is 17.7 Å². The predicted molar refractivity (Wildman–Crippen MR) is 146 cm³/mol. The molecule has 38 heavy (non-hydrogen) atoms. The monoisotopic (exact) mass is 510 g/mol. The first-order valence-electron chi connectivity index (χ1n) is 13.8. The Hall–Kier alpha value is -3.64. The largest absolute Gasteiger partial charge is 0.447 e. The van der Waals surface area contributed by atoms with Crippen LogP contribution in [0.15, 0.2) is 84.9 Å². The molecule has 0 radical (unpaired) electrons. The Morgan fingerprint density at radius 2 is 1.53 bits per heavy atom. The molecule has 3 aromatic rings. The van der Waals surface area contributed by atoms with Gasteiger partial charge in [0.25, 0.3) is 5.91 Å². The van der Waals surface area contributed by atoms with Gasteiger partial charge in [-0.15, -0.1) is 0 Å². The fraction of sp³-hybridized carbons (Fsp3) is 0.375. The normalized spacial score (nSPS) is 21.9. The van der Waals surface area contributed by atoms with Crippen molar-refractivity contribution in [2.24, 2.45) is 5.92 Å². The van der Waals surface area contributed by atoms with Crippen LogP contribution in [0, 0.1) is 5.92 Å². The highest BCUT2D eigenvalue weighted by Gasteiger charge is 2.51. The molecule has 6 rings (SSSR count). The summed E-state index contributed by atoms with van der Waals surface area (Å²) >= 11 is 0. The lowest BCUT2D eigenvalue weighted by atomic mass is 9.81. The molecule has 2 fully saturated rings. The summed E-state index contributed by atoms with van der Waals surface area (Å²) in [6.07, 6.45) is 4.67. The van der Waals surface area contributed by atoms with E-state index in [1.54, 1.807) is 0 Å². The lowest BCUT2D eigenvalue weighted by Crippen LogP contribution is -2.53. The quantitative estimate of drug-likeness (QED) is 0.330. The maximum Gasteiger partial charge on any atom is 0.410 e. The zero-order chi connectivity index (χ0) is 25.9. The van der Waals surface area contributed by atoms with E-state index in [-0.39, 0.29) is 42.7 Å². The second-order valence-corrected chi connectivity index (χ2v) is 10.5. The van der Waals surface area contributed by atoms with Crippen molar-refractivity contribution in [3.63, 3.8) is 0 Å². The summed E-state index contributed by atoms with van der Waals surface area (Å²) in [6.45, 7) is 1.07. The van der Waals surface area contributed by atoms with Crippen molar-refractivity contribution < 1.29 is 19.1 Å². The zero-order valence-corrected chi connectivity index (χ0v) is 21.6. The third-order valence-electron chi connectivity index (χ3n) is 8.04. The number of rotatable bonds is 8. The van der Waals surface area contributed by atoms with Crippen LogP contribution in [0.5, 0.6) is 0 Å². The number of nitrogens with zero attached hydrogens (tertiary/aromatic N) is 2. The molecule has 1 heterocycles. The van der Waals surface area contributed by atoms with Crippen LogP contribution >= 0.6 is 0 Å². The minimum Gasteiger partial charge on any atom is -0.447 e. The van der Waals surface area contributed by atoms with E-state index in [1.807, 2.05) is 88.7 Å². The van der Waals surface area contributed by atoms with Gasteiger partial charge in [0.05, 0.1) is 19.3 Å². The van der Waals surface area contributed by atoms with Crippen molar-refractivity contribution in [2.45, 2.75) is 56.8 Å². The molecule has 0 aromatic heterocycles. The zero-order valence-electron chi connectivity index (χ0n) is 21.6. The second kappa shape index (κ2) is 11.0. The van der Waals surface area contributed by atoms with Crippen LogP contribution in [0.25, 0.3) is 0 Å². The molecule has 0 spiro atoms. The van der Waals surface area contributed by atoms with Crippen molar-refractivity contribution in [1.29, 1.82) is 0 Å². The van der Waals surface area contributed by atoms with E-state index in [4.69, 9.17) is 9.47 Å². The summed E-state index contributed by atoms with van der Waals surface area (Å²) < 4.78 is 11.5. The smallest absolute Gasteiger partial charge is 0.410 e. The van der Waals surface area contributed by atoms with E-state index in [1.165, 1.54) is 0 Å². The van der Waals surface area contributed by atoms with Gasteiger partial charge in [-0.25, -0.2) is 4.79 Å². The molecule has 1 aliphatic heterocycles. The van der Waals surface area contributed by atoms with E-state index in [9.17, 15) is 9.59 Å². The maximum absolute atomic E-state index is 13.8. The third-order valence-corrected chi connectivity index (χ3v) is 8.04. The fourth-order valence-corrected chi connectivity index (χ4v) is 6.23. The lowest BCUT2D eigenvalue weighted by Gasteiger charge is -2.47. The van der Waals surface area contributed by atoms with Gasteiger partial charge in [0, 0.05) is 29.3 Å². The van der Waals surface area contributed by atoms with Crippen LogP contribution in [-0.2, 0) is 16.1 Å². The topological polar surface area (TPSA) is 59.1 Å². The van der Waals surface area contributed by atoms with E-state index in [2.05, 4.69) is 6.07 Å². The number of anilines is 1. The van der Waals surface area contributed by atoms with Gasteiger partial charge in [-0.1, -0.05) is 73.2 Å². The Morgan fingerprint density at radius 1 is 0.816 bits per heavy atom. The van der Waals surface area contributed by atoms with E-state index in [0.29, 0.717) is 18.8 Å². The van der Waals surface area contributed by atoms with Crippen molar-refractivity contribution in [3.8, 4) is 0 Å². The van der Waals surface area contributed by atoms with Gasteiger partial charge in [0.2, 0.25) is 0 Å². The molecular formula is C32H34N2O4. The number of benzene rings is 3. The maximum atomic E-state index is 13.8. The third kappa shape index (κ3) is 4.93. The molecule has 3 aromatic carbocycles. The highest BCUT2D eigenvalue weighted by molar-refractivity contribution is 6.07. The SMILES string of the molecule is O=C(c1ccccc1)N1c2ccccc2[C@H](N(C(=O)OCCOCc2ccccc2)C2CC2)[C@H]2CCC[C@H]21. The van der Waals surface area contributed by atoms with Gasteiger partial charge in [0.15, 0.2) is 0 Å². The number of carbonyl (C=O) groups excluding carboxylic acids is 2. The number of hydrogen-bond acceptors (Lipinski definition) is 4. The molecular weight excluding hydrogens is 476 g/mol. The van der Waals surface area contributed by atoms with Gasteiger partial charge < -0.3 is 14.4 Å². The Labute approximate surface area is 224 Å². The molecule has 196 valence electrons. The number of carbonyl (C=O) groups is 2. The highest BCUT2D eigenvalue weighted by atomic mass is 16.6. The first-order valence-corrected chi connectivity index (χ1v) is 13.8. The van der Waals surface area contributed by atoms with Crippen LogP contribution in [0.2, 0.25) is 0 Å². The Morgan fingerprint density at radius 3 is 2.29 bits per heavy atom. The lowest BCUT2D eigenvalue weighted by molar-refractivity contribution is 0.0314. The summed E-state index contributed by atoms with van der Waals surface area (Å²) in [5.41, 5.74) is 3.75.